The van der Waals surface area contributed by atoms with Crippen molar-refractivity contribution in [3.63, 3.8) is 0 Å². The van der Waals surface area contributed by atoms with Gasteiger partial charge in [-0.1, -0.05) is 13.8 Å². The molecule has 0 radical (unpaired) electrons. The van der Waals surface area contributed by atoms with Crippen LogP contribution < -0.4 is 4.57 Å². The highest BCUT2D eigenvalue weighted by molar-refractivity contribution is 5.93. The number of aromatic nitrogens is 3. The Hall–Kier alpha value is -1.90. The van der Waals surface area contributed by atoms with Crippen LogP contribution in [0.2, 0.25) is 0 Å². The molecule has 3 heteroatoms. The van der Waals surface area contributed by atoms with Crippen LogP contribution in [0.5, 0.6) is 0 Å². The zero-order valence-electron chi connectivity index (χ0n) is 11.4. The minimum absolute atomic E-state index is 0.220. The fourth-order valence-electron chi connectivity index (χ4n) is 3.64. The predicted octanol–water partition coefficient (Wildman–Crippen LogP) is 2.85. The molecule has 3 aromatic rings. The maximum Gasteiger partial charge on any atom is 0.296 e. The maximum absolute atomic E-state index is 4.52. The minimum Gasteiger partial charge on any atom is -0.256 e. The summed E-state index contributed by atoms with van der Waals surface area (Å²) in [6.07, 6.45) is 11.9. The zero-order valence-corrected chi connectivity index (χ0v) is 11.4. The molecule has 19 heavy (non-hydrogen) atoms. The molecule has 3 nitrogen and oxygen atoms in total. The molecule has 0 N–H and O–H groups in total. The Morgan fingerprint density at radius 3 is 2.89 bits per heavy atom. The van der Waals surface area contributed by atoms with Gasteiger partial charge in [-0.25, -0.2) is 8.97 Å². The first-order valence-electron chi connectivity index (χ1n) is 7.08. The highest BCUT2D eigenvalue weighted by Gasteiger charge is 2.40. The molecule has 0 fully saturated rings. The van der Waals surface area contributed by atoms with Crippen molar-refractivity contribution in [2.75, 3.05) is 0 Å². The van der Waals surface area contributed by atoms with Gasteiger partial charge in [-0.15, -0.1) is 0 Å². The Labute approximate surface area is 112 Å². The molecule has 0 aliphatic carbocycles. The van der Waals surface area contributed by atoms with E-state index in [1.807, 2.05) is 6.20 Å². The Morgan fingerprint density at radius 2 is 2.11 bits per heavy atom. The van der Waals surface area contributed by atoms with E-state index in [-0.39, 0.29) is 5.54 Å². The summed E-state index contributed by atoms with van der Waals surface area (Å²) in [5.74, 6) is 0. The summed E-state index contributed by atoms with van der Waals surface area (Å²) in [6, 6.07) is 4.31. The number of pyridine rings is 2. The van der Waals surface area contributed by atoms with Crippen LogP contribution in [-0.2, 0) is 12.0 Å². The van der Waals surface area contributed by atoms with Crippen molar-refractivity contribution in [3.8, 4) is 0 Å². The van der Waals surface area contributed by atoms with Gasteiger partial charge < -0.3 is 0 Å². The third-order valence-corrected chi connectivity index (χ3v) is 4.88. The Bertz CT molecular complexity index is 781. The molecule has 1 aliphatic heterocycles. The second-order valence-electron chi connectivity index (χ2n) is 5.55. The summed E-state index contributed by atoms with van der Waals surface area (Å²) in [7, 11) is 0. The predicted molar refractivity (Wildman–Crippen MR) is 75.2 cm³/mol. The average Bonchev–Trinajstić information content (AvgIpc) is 2.90. The van der Waals surface area contributed by atoms with Gasteiger partial charge in [0, 0.05) is 18.7 Å². The largest absolute Gasteiger partial charge is 0.296 e. The van der Waals surface area contributed by atoms with Crippen molar-refractivity contribution in [1.82, 2.24) is 9.38 Å². The molecule has 96 valence electrons. The minimum atomic E-state index is 0.220. The first-order valence-corrected chi connectivity index (χ1v) is 7.08. The van der Waals surface area contributed by atoms with Gasteiger partial charge in [0.15, 0.2) is 0 Å². The van der Waals surface area contributed by atoms with E-state index in [9.17, 15) is 0 Å². The normalized spacial score (nSPS) is 16.5. The van der Waals surface area contributed by atoms with Crippen LogP contribution in [-0.4, -0.2) is 9.38 Å². The second kappa shape index (κ2) is 3.56. The Morgan fingerprint density at radius 1 is 1.26 bits per heavy atom. The first-order chi connectivity index (χ1) is 9.29. The van der Waals surface area contributed by atoms with Gasteiger partial charge in [0.25, 0.3) is 5.65 Å². The summed E-state index contributed by atoms with van der Waals surface area (Å²) in [5, 5.41) is 1.33. The summed E-state index contributed by atoms with van der Waals surface area (Å²) in [5.41, 5.74) is 4.07. The number of hydrogen-bond acceptors (Lipinski definition) is 1. The van der Waals surface area contributed by atoms with Crippen LogP contribution in [0.4, 0.5) is 0 Å². The van der Waals surface area contributed by atoms with Crippen molar-refractivity contribution in [2.45, 2.75) is 38.6 Å². The topological polar surface area (TPSA) is 21.2 Å². The van der Waals surface area contributed by atoms with Gasteiger partial charge in [0.2, 0.25) is 0 Å². The molecule has 4 heterocycles. The standard InChI is InChI=1S/C16H18N3/c1-3-16(4-2)11-12-5-7-17-13-6-8-18-9-10-19(16)15(18)14(12)13/h5-10H,3-4,11H2,1-2H3/q+1. The van der Waals surface area contributed by atoms with E-state index in [1.165, 1.54) is 16.6 Å². The molecular weight excluding hydrogens is 234 g/mol. The zero-order chi connectivity index (χ0) is 13.0. The molecule has 0 saturated heterocycles. The van der Waals surface area contributed by atoms with Crippen molar-refractivity contribution >= 4 is 16.6 Å². The number of imidazole rings is 1. The lowest BCUT2D eigenvalue weighted by Crippen LogP contribution is -2.58. The van der Waals surface area contributed by atoms with Gasteiger partial charge in [-0.3, -0.25) is 4.98 Å². The molecule has 0 aromatic carbocycles. The number of rotatable bonds is 2. The van der Waals surface area contributed by atoms with Crippen molar-refractivity contribution in [3.05, 3.63) is 42.5 Å². The van der Waals surface area contributed by atoms with Gasteiger partial charge in [-0.05, 0) is 24.5 Å². The molecular formula is C16H18N3+. The van der Waals surface area contributed by atoms with Gasteiger partial charge >= 0.3 is 0 Å². The third kappa shape index (κ3) is 1.23. The fourth-order valence-corrected chi connectivity index (χ4v) is 3.64. The van der Waals surface area contributed by atoms with E-state index in [2.05, 4.69) is 58.5 Å². The molecule has 0 atom stereocenters. The van der Waals surface area contributed by atoms with Crippen molar-refractivity contribution in [2.24, 2.45) is 0 Å². The van der Waals surface area contributed by atoms with Gasteiger partial charge in [-0.2, -0.15) is 0 Å². The molecule has 0 spiro atoms. The first kappa shape index (κ1) is 11.0. The van der Waals surface area contributed by atoms with Crippen molar-refractivity contribution < 1.29 is 4.57 Å². The highest BCUT2D eigenvalue weighted by Crippen LogP contribution is 2.34. The quantitative estimate of drug-likeness (QED) is 0.643. The monoisotopic (exact) mass is 252 g/mol. The number of hydrogen-bond donors (Lipinski definition) is 0. The third-order valence-electron chi connectivity index (χ3n) is 4.88. The lowest BCUT2D eigenvalue weighted by molar-refractivity contribution is -0.743. The van der Waals surface area contributed by atoms with E-state index in [4.69, 9.17) is 0 Å². The van der Waals surface area contributed by atoms with Crippen LogP contribution in [0.25, 0.3) is 16.6 Å². The van der Waals surface area contributed by atoms with Crippen LogP contribution >= 0.6 is 0 Å². The molecule has 0 bridgehead atoms. The number of nitrogens with zero attached hydrogens (tertiary/aromatic N) is 3. The smallest absolute Gasteiger partial charge is 0.256 e. The SMILES string of the molecule is CCC1(CC)Cc2ccnc3ccn4cc[n+]1c4c23. The van der Waals surface area contributed by atoms with Gasteiger partial charge in [0.05, 0.1) is 17.1 Å². The molecule has 1 aliphatic rings. The fraction of sp³-hybridized carbons (Fsp3) is 0.375. The summed E-state index contributed by atoms with van der Waals surface area (Å²) in [6.45, 7) is 4.60. The second-order valence-corrected chi connectivity index (χ2v) is 5.55. The lowest BCUT2D eigenvalue weighted by atomic mass is 9.82. The molecule has 4 rings (SSSR count). The van der Waals surface area contributed by atoms with Gasteiger partial charge in [0.1, 0.15) is 17.9 Å². The van der Waals surface area contributed by atoms with E-state index >= 15 is 0 Å². The van der Waals surface area contributed by atoms with E-state index in [0.29, 0.717) is 0 Å². The molecule has 0 amide bonds. The van der Waals surface area contributed by atoms with Crippen LogP contribution in [0.3, 0.4) is 0 Å². The Balaban J connectivity index is 2.24. The lowest BCUT2D eigenvalue weighted by Gasteiger charge is -2.32. The van der Waals surface area contributed by atoms with E-state index in [1.54, 1.807) is 0 Å². The molecule has 3 aromatic heterocycles. The van der Waals surface area contributed by atoms with Crippen LogP contribution in [0.1, 0.15) is 32.3 Å². The molecule has 0 saturated carbocycles. The summed E-state index contributed by atoms with van der Waals surface area (Å²) in [4.78, 5) is 4.52. The van der Waals surface area contributed by atoms with E-state index < -0.39 is 0 Å². The average molecular weight is 252 g/mol. The Kier molecular flexibility index (Phi) is 2.06. The summed E-state index contributed by atoms with van der Waals surface area (Å²) >= 11 is 0. The highest BCUT2D eigenvalue weighted by atomic mass is 15.2. The van der Waals surface area contributed by atoms with Crippen molar-refractivity contribution in [1.29, 1.82) is 0 Å². The van der Waals surface area contributed by atoms with Crippen LogP contribution in [0, 0.1) is 0 Å². The van der Waals surface area contributed by atoms with Crippen LogP contribution in [0.15, 0.2) is 36.9 Å². The summed E-state index contributed by atoms with van der Waals surface area (Å²) < 4.78 is 4.71. The maximum atomic E-state index is 4.52. The van der Waals surface area contributed by atoms with E-state index in [0.717, 1.165) is 24.8 Å². The molecule has 0 unspecified atom stereocenters.